The molecule has 2 N–H and O–H groups in total. The molecule has 1 aliphatic carbocycles. The number of amides is 1. The Hall–Kier alpha value is -2.91. The smallest absolute Gasteiger partial charge is 0.251 e. The highest BCUT2D eigenvalue weighted by atomic mass is 16.3. The first-order chi connectivity index (χ1) is 15.6. The number of benzene rings is 3. The molecule has 3 aromatic carbocycles. The molecule has 1 amide bonds. The monoisotopic (exact) mass is 441 g/mol. The second kappa shape index (κ2) is 8.46. The Bertz CT molecular complexity index is 1140. The summed E-state index contributed by atoms with van der Waals surface area (Å²) in [5, 5.41) is 15.1. The molecule has 0 bridgehead atoms. The summed E-state index contributed by atoms with van der Waals surface area (Å²) in [6, 6.07) is 21.9. The van der Waals surface area contributed by atoms with E-state index < -0.39 is 11.0 Å². The molecule has 33 heavy (non-hydrogen) atoms. The summed E-state index contributed by atoms with van der Waals surface area (Å²) in [4.78, 5) is 12.7. The van der Waals surface area contributed by atoms with Crippen LogP contribution in [0.4, 0.5) is 0 Å². The quantitative estimate of drug-likeness (QED) is 0.466. The summed E-state index contributed by atoms with van der Waals surface area (Å²) in [6.07, 6.45) is 0. The lowest BCUT2D eigenvalue weighted by Gasteiger charge is -2.56. The van der Waals surface area contributed by atoms with E-state index in [1.807, 2.05) is 54.6 Å². The minimum absolute atomic E-state index is 0.116. The molecular formula is C30H35NO2. The number of nitrogens with one attached hydrogen (secondary N) is 1. The van der Waals surface area contributed by atoms with Gasteiger partial charge >= 0.3 is 0 Å². The van der Waals surface area contributed by atoms with Crippen LogP contribution < -0.4 is 5.32 Å². The zero-order valence-corrected chi connectivity index (χ0v) is 20.6. The fourth-order valence-electron chi connectivity index (χ4n) is 5.07. The first-order valence-corrected chi connectivity index (χ1v) is 11.9. The van der Waals surface area contributed by atoms with Crippen LogP contribution in [0.15, 0.2) is 66.7 Å². The standard InChI is InChI=1S/C30H35NO2/c1-19(2)23-16-25(20(3)4)27-26(17-23)29(5,6)30(27,33)24-14-12-22(13-15-24)28(32)31-18-21-10-8-7-9-11-21/h7-17,19-20,33H,18H2,1-6H3,(H,31,32)/t30-/m0/s1. The fourth-order valence-corrected chi connectivity index (χ4v) is 5.07. The number of aliphatic hydroxyl groups is 1. The maximum absolute atomic E-state index is 12.7. The summed E-state index contributed by atoms with van der Waals surface area (Å²) >= 11 is 0. The average molecular weight is 442 g/mol. The van der Waals surface area contributed by atoms with Crippen LogP contribution in [-0.4, -0.2) is 11.0 Å². The molecule has 4 rings (SSSR count). The number of hydrogen-bond donors (Lipinski definition) is 2. The molecule has 172 valence electrons. The van der Waals surface area contributed by atoms with E-state index in [2.05, 4.69) is 59.0 Å². The normalized spacial score (nSPS) is 18.7. The molecule has 0 heterocycles. The molecule has 0 spiro atoms. The molecule has 3 nitrogen and oxygen atoms in total. The van der Waals surface area contributed by atoms with Gasteiger partial charge < -0.3 is 10.4 Å². The third-order valence-corrected chi connectivity index (χ3v) is 7.28. The van der Waals surface area contributed by atoms with Gasteiger partial charge in [-0.15, -0.1) is 0 Å². The second-order valence-corrected chi connectivity index (χ2v) is 10.4. The Kier molecular flexibility index (Phi) is 5.96. The van der Waals surface area contributed by atoms with Crippen molar-refractivity contribution in [3.8, 4) is 0 Å². The SMILES string of the molecule is CC(C)c1cc(C(C)C)c2c(c1)C(C)(C)[C@]2(O)c1ccc(C(=O)NCc2ccccc2)cc1. The lowest BCUT2D eigenvalue weighted by molar-refractivity contribution is -0.0255. The summed E-state index contributed by atoms with van der Waals surface area (Å²) in [5.41, 5.74) is 5.77. The Balaban J connectivity index is 1.65. The van der Waals surface area contributed by atoms with Crippen LogP contribution >= 0.6 is 0 Å². The Morgan fingerprint density at radius 3 is 2.12 bits per heavy atom. The molecule has 0 saturated carbocycles. The zero-order chi connectivity index (χ0) is 24.0. The largest absolute Gasteiger partial charge is 0.379 e. The second-order valence-electron chi connectivity index (χ2n) is 10.4. The lowest BCUT2D eigenvalue weighted by Crippen LogP contribution is -2.56. The summed E-state index contributed by atoms with van der Waals surface area (Å²) < 4.78 is 0. The van der Waals surface area contributed by atoms with E-state index in [-0.39, 0.29) is 5.91 Å². The van der Waals surface area contributed by atoms with Crippen molar-refractivity contribution in [2.75, 3.05) is 0 Å². The predicted molar refractivity (Wildman–Crippen MR) is 135 cm³/mol. The van der Waals surface area contributed by atoms with Crippen molar-refractivity contribution in [2.24, 2.45) is 0 Å². The van der Waals surface area contributed by atoms with Gasteiger partial charge in [0, 0.05) is 17.5 Å². The van der Waals surface area contributed by atoms with E-state index in [9.17, 15) is 9.90 Å². The summed E-state index contributed by atoms with van der Waals surface area (Å²) in [6.45, 7) is 13.5. The van der Waals surface area contributed by atoms with Gasteiger partial charge in [0.05, 0.1) is 0 Å². The highest BCUT2D eigenvalue weighted by Crippen LogP contribution is 2.60. The minimum atomic E-state index is -1.09. The average Bonchev–Trinajstić information content (AvgIpc) is 2.81. The molecule has 0 aromatic heterocycles. The fraction of sp³-hybridized carbons (Fsp3) is 0.367. The van der Waals surface area contributed by atoms with E-state index in [1.54, 1.807) is 0 Å². The predicted octanol–water partition coefficient (Wildman–Crippen LogP) is 6.39. The zero-order valence-electron chi connectivity index (χ0n) is 20.6. The van der Waals surface area contributed by atoms with Gasteiger partial charge in [0.15, 0.2) is 0 Å². The number of carbonyl (C=O) groups excluding carboxylic acids is 1. The Morgan fingerprint density at radius 2 is 1.55 bits per heavy atom. The van der Waals surface area contributed by atoms with Crippen LogP contribution in [-0.2, 0) is 17.6 Å². The Labute approximate surface area is 197 Å². The van der Waals surface area contributed by atoms with Gasteiger partial charge in [0.2, 0.25) is 0 Å². The molecule has 1 atom stereocenters. The van der Waals surface area contributed by atoms with E-state index in [0.717, 1.165) is 16.7 Å². The molecule has 0 aliphatic heterocycles. The molecule has 0 fully saturated rings. The first-order valence-electron chi connectivity index (χ1n) is 11.9. The maximum atomic E-state index is 12.7. The minimum Gasteiger partial charge on any atom is -0.379 e. The Morgan fingerprint density at radius 1 is 0.909 bits per heavy atom. The van der Waals surface area contributed by atoms with Crippen LogP contribution in [0.5, 0.6) is 0 Å². The lowest BCUT2D eigenvalue weighted by atomic mass is 9.50. The van der Waals surface area contributed by atoms with E-state index in [0.29, 0.717) is 23.9 Å². The molecule has 1 aliphatic rings. The first kappa shape index (κ1) is 23.3. The van der Waals surface area contributed by atoms with Crippen molar-refractivity contribution < 1.29 is 9.90 Å². The third kappa shape index (κ3) is 3.79. The van der Waals surface area contributed by atoms with Gasteiger partial charge in [-0.1, -0.05) is 96.1 Å². The van der Waals surface area contributed by atoms with Crippen molar-refractivity contribution in [2.45, 2.75) is 70.9 Å². The van der Waals surface area contributed by atoms with Gasteiger partial charge in [0.25, 0.3) is 5.91 Å². The van der Waals surface area contributed by atoms with Gasteiger partial charge in [-0.25, -0.2) is 0 Å². The summed E-state index contributed by atoms with van der Waals surface area (Å²) in [7, 11) is 0. The third-order valence-electron chi connectivity index (χ3n) is 7.28. The molecule has 0 radical (unpaired) electrons. The van der Waals surface area contributed by atoms with Crippen LogP contribution in [0.25, 0.3) is 0 Å². The van der Waals surface area contributed by atoms with Crippen molar-refractivity contribution >= 4 is 5.91 Å². The van der Waals surface area contributed by atoms with Crippen molar-refractivity contribution in [3.63, 3.8) is 0 Å². The van der Waals surface area contributed by atoms with E-state index >= 15 is 0 Å². The van der Waals surface area contributed by atoms with Crippen LogP contribution in [0.3, 0.4) is 0 Å². The van der Waals surface area contributed by atoms with Gasteiger partial charge in [-0.3, -0.25) is 4.79 Å². The van der Waals surface area contributed by atoms with Crippen LogP contribution in [0.2, 0.25) is 0 Å². The van der Waals surface area contributed by atoms with Crippen molar-refractivity contribution in [3.05, 3.63) is 106 Å². The highest BCUT2D eigenvalue weighted by molar-refractivity contribution is 5.94. The van der Waals surface area contributed by atoms with Crippen LogP contribution in [0, 0.1) is 0 Å². The van der Waals surface area contributed by atoms with Gasteiger partial charge in [-0.05, 0) is 57.3 Å². The summed E-state index contributed by atoms with van der Waals surface area (Å²) in [5.74, 6) is 0.629. The van der Waals surface area contributed by atoms with E-state index in [4.69, 9.17) is 0 Å². The number of hydrogen-bond acceptors (Lipinski definition) is 2. The molecule has 0 unspecified atom stereocenters. The van der Waals surface area contributed by atoms with E-state index in [1.165, 1.54) is 16.7 Å². The topological polar surface area (TPSA) is 49.3 Å². The van der Waals surface area contributed by atoms with Gasteiger partial charge in [-0.2, -0.15) is 0 Å². The maximum Gasteiger partial charge on any atom is 0.251 e. The van der Waals surface area contributed by atoms with Crippen molar-refractivity contribution in [1.29, 1.82) is 0 Å². The molecule has 3 heteroatoms. The van der Waals surface area contributed by atoms with Crippen LogP contribution in [0.1, 0.15) is 97.1 Å². The number of rotatable bonds is 6. The number of fused-ring (bicyclic) bond motifs is 1. The van der Waals surface area contributed by atoms with Gasteiger partial charge in [0.1, 0.15) is 5.60 Å². The number of carbonyl (C=O) groups is 1. The molecule has 0 saturated heterocycles. The highest BCUT2D eigenvalue weighted by Gasteiger charge is 2.59. The van der Waals surface area contributed by atoms with Crippen molar-refractivity contribution in [1.82, 2.24) is 5.32 Å². The molecular weight excluding hydrogens is 406 g/mol. The molecule has 3 aromatic rings.